The van der Waals surface area contributed by atoms with Crippen molar-refractivity contribution in [1.82, 2.24) is 4.98 Å². The first kappa shape index (κ1) is 8.97. The van der Waals surface area contributed by atoms with Gasteiger partial charge in [0.1, 0.15) is 0 Å². The molecule has 1 heterocycles. The van der Waals surface area contributed by atoms with Gasteiger partial charge < -0.3 is 10.1 Å². The normalized spacial score (nSPS) is 10.7. The zero-order chi connectivity index (χ0) is 10.1. The van der Waals surface area contributed by atoms with Crippen LogP contribution in [0.5, 0.6) is 0 Å². The molecule has 0 saturated carbocycles. The number of pyridine rings is 1. The van der Waals surface area contributed by atoms with E-state index in [-0.39, 0.29) is 12.0 Å². The van der Waals surface area contributed by atoms with Crippen LogP contribution in [0.1, 0.15) is 11.3 Å². The number of rotatable bonds is 1. The van der Waals surface area contributed by atoms with Crippen molar-refractivity contribution in [1.29, 1.82) is 0 Å². The Morgan fingerprint density at radius 2 is 2.14 bits per heavy atom. The molecule has 0 aliphatic heterocycles. The second kappa shape index (κ2) is 3.27. The first-order chi connectivity index (χ1) is 6.70. The van der Waals surface area contributed by atoms with Crippen molar-refractivity contribution in [2.24, 2.45) is 0 Å². The topological polar surface area (TPSA) is 53.1 Å². The van der Waals surface area contributed by atoms with Gasteiger partial charge >= 0.3 is 0 Å². The predicted molar refractivity (Wildman–Crippen MR) is 55.2 cm³/mol. The fourth-order valence-corrected chi connectivity index (χ4v) is 1.53. The van der Waals surface area contributed by atoms with Crippen LogP contribution in [0.25, 0.3) is 10.9 Å². The summed E-state index contributed by atoms with van der Waals surface area (Å²) in [6.07, 6.45) is 0. The van der Waals surface area contributed by atoms with E-state index in [9.17, 15) is 4.79 Å². The standard InChI is InChI=1S/C11H11NO2/c1-7-4-11(14)9-5-8(6-13)2-3-10(9)12-7/h2-5,13H,6H2,1H3,(H,12,14). The van der Waals surface area contributed by atoms with Crippen LogP contribution in [0.4, 0.5) is 0 Å². The number of hydrogen-bond acceptors (Lipinski definition) is 2. The van der Waals surface area contributed by atoms with Gasteiger partial charge in [-0.15, -0.1) is 0 Å². The summed E-state index contributed by atoms with van der Waals surface area (Å²) >= 11 is 0. The maximum atomic E-state index is 11.6. The molecular formula is C11H11NO2. The number of benzene rings is 1. The number of hydrogen-bond donors (Lipinski definition) is 2. The summed E-state index contributed by atoms with van der Waals surface area (Å²) in [4.78, 5) is 14.7. The number of aryl methyl sites for hydroxylation is 1. The largest absolute Gasteiger partial charge is 0.392 e. The third-order valence-corrected chi connectivity index (χ3v) is 2.21. The van der Waals surface area contributed by atoms with Crippen LogP contribution in [-0.4, -0.2) is 10.1 Å². The van der Waals surface area contributed by atoms with Crippen LogP contribution in [0.15, 0.2) is 29.1 Å². The number of aromatic amines is 1. The van der Waals surface area contributed by atoms with E-state index in [0.717, 1.165) is 16.8 Å². The van der Waals surface area contributed by atoms with Gasteiger partial charge in [-0.2, -0.15) is 0 Å². The molecular weight excluding hydrogens is 178 g/mol. The number of nitrogens with one attached hydrogen (secondary N) is 1. The first-order valence-corrected chi connectivity index (χ1v) is 4.44. The molecule has 72 valence electrons. The molecule has 3 heteroatoms. The Morgan fingerprint density at radius 1 is 1.36 bits per heavy atom. The Kier molecular flexibility index (Phi) is 2.09. The lowest BCUT2D eigenvalue weighted by Gasteiger charge is -2.01. The van der Waals surface area contributed by atoms with Crippen LogP contribution in [-0.2, 0) is 6.61 Å². The lowest BCUT2D eigenvalue weighted by atomic mass is 10.1. The van der Waals surface area contributed by atoms with E-state index in [4.69, 9.17) is 5.11 Å². The van der Waals surface area contributed by atoms with Crippen LogP contribution in [0.3, 0.4) is 0 Å². The van der Waals surface area contributed by atoms with Crippen molar-refractivity contribution in [2.75, 3.05) is 0 Å². The van der Waals surface area contributed by atoms with E-state index >= 15 is 0 Å². The molecule has 0 unspecified atom stereocenters. The quantitative estimate of drug-likeness (QED) is 0.711. The summed E-state index contributed by atoms with van der Waals surface area (Å²) in [5.41, 5.74) is 2.41. The first-order valence-electron chi connectivity index (χ1n) is 4.44. The lowest BCUT2D eigenvalue weighted by molar-refractivity contribution is 0.282. The van der Waals surface area contributed by atoms with E-state index in [1.165, 1.54) is 0 Å². The third kappa shape index (κ3) is 1.42. The summed E-state index contributed by atoms with van der Waals surface area (Å²) in [5, 5.41) is 9.56. The molecule has 0 amide bonds. The summed E-state index contributed by atoms with van der Waals surface area (Å²) in [6, 6.07) is 6.89. The van der Waals surface area contributed by atoms with Crippen molar-refractivity contribution in [3.63, 3.8) is 0 Å². The second-order valence-electron chi connectivity index (χ2n) is 3.35. The highest BCUT2D eigenvalue weighted by Crippen LogP contribution is 2.10. The minimum absolute atomic E-state index is 0.00782. The highest BCUT2D eigenvalue weighted by Gasteiger charge is 2.00. The van der Waals surface area contributed by atoms with Crippen LogP contribution < -0.4 is 5.43 Å². The van der Waals surface area contributed by atoms with Crippen molar-refractivity contribution < 1.29 is 5.11 Å². The molecule has 0 radical (unpaired) electrons. The highest BCUT2D eigenvalue weighted by atomic mass is 16.3. The Morgan fingerprint density at radius 3 is 2.86 bits per heavy atom. The minimum Gasteiger partial charge on any atom is -0.392 e. The van der Waals surface area contributed by atoms with Crippen LogP contribution >= 0.6 is 0 Å². The molecule has 0 atom stereocenters. The molecule has 0 spiro atoms. The third-order valence-electron chi connectivity index (χ3n) is 2.21. The number of aromatic nitrogens is 1. The highest BCUT2D eigenvalue weighted by molar-refractivity contribution is 5.79. The number of H-pyrrole nitrogens is 1. The molecule has 2 aromatic rings. The Hall–Kier alpha value is -1.61. The zero-order valence-electron chi connectivity index (χ0n) is 7.87. The number of aliphatic hydroxyl groups excluding tert-OH is 1. The van der Waals surface area contributed by atoms with Crippen molar-refractivity contribution in [3.05, 3.63) is 45.7 Å². The minimum atomic E-state index is -0.0384. The Balaban J connectivity index is 2.82. The van der Waals surface area contributed by atoms with Crippen LogP contribution in [0.2, 0.25) is 0 Å². The van der Waals surface area contributed by atoms with Crippen molar-refractivity contribution in [2.45, 2.75) is 13.5 Å². The van der Waals surface area contributed by atoms with E-state index in [1.807, 2.05) is 13.0 Å². The summed E-state index contributed by atoms with van der Waals surface area (Å²) in [7, 11) is 0. The van der Waals surface area contributed by atoms with Gasteiger partial charge in [0.05, 0.1) is 6.61 Å². The van der Waals surface area contributed by atoms with Gasteiger partial charge in [0, 0.05) is 22.7 Å². The van der Waals surface area contributed by atoms with Gasteiger partial charge in [-0.1, -0.05) is 6.07 Å². The van der Waals surface area contributed by atoms with E-state index in [1.54, 1.807) is 18.2 Å². The van der Waals surface area contributed by atoms with Crippen molar-refractivity contribution in [3.8, 4) is 0 Å². The maximum Gasteiger partial charge on any atom is 0.189 e. The van der Waals surface area contributed by atoms with Gasteiger partial charge in [-0.3, -0.25) is 4.79 Å². The molecule has 3 nitrogen and oxygen atoms in total. The Bertz CT molecular complexity index is 528. The zero-order valence-corrected chi connectivity index (χ0v) is 7.87. The average Bonchev–Trinajstić information content (AvgIpc) is 2.17. The molecule has 2 N–H and O–H groups in total. The van der Waals surface area contributed by atoms with Gasteiger partial charge in [-0.25, -0.2) is 0 Å². The molecule has 1 aromatic carbocycles. The smallest absolute Gasteiger partial charge is 0.189 e. The Labute approximate surface area is 81.0 Å². The molecule has 14 heavy (non-hydrogen) atoms. The molecule has 0 saturated heterocycles. The molecule has 0 aliphatic carbocycles. The molecule has 0 aliphatic rings. The van der Waals surface area contributed by atoms with E-state index in [0.29, 0.717) is 5.39 Å². The summed E-state index contributed by atoms with van der Waals surface area (Å²) < 4.78 is 0. The molecule has 1 aromatic heterocycles. The van der Waals surface area contributed by atoms with E-state index < -0.39 is 0 Å². The summed E-state index contributed by atoms with van der Waals surface area (Å²) in [6.45, 7) is 1.81. The molecule has 2 rings (SSSR count). The number of aliphatic hydroxyl groups is 1. The van der Waals surface area contributed by atoms with Gasteiger partial charge in [-0.05, 0) is 24.6 Å². The van der Waals surface area contributed by atoms with Gasteiger partial charge in [0.15, 0.2) is 5.43 Å². The van der Waals surface area contributed by atoms with Crippen LogP contribution in [0, 0.1) is 6.92 Å². The SMILES string of the molecule is Cc1cc(=O)c2cc(CO)ccc2[nH]1. The maximum absolute atomic E-state index is 11.6. The van der Waals surface area contributed by atoms with E-state index in [2.05, 4.69) is 4.98 Å². The molecule has 0 fully saturated rings. The fourth-order valence-electron chi connectivity index (χ4n) is 1.53. The monoisotopic (exact) mass is 189 g/mol. The number of fused-ring (bicyclic) bond motifs is 1. The second-order valence-corrected chi connectivity index (χ2v) is 3.35. The van der Waals surface area contributed by atoms with Gasteiger partial charge in [0.2, 0.25) is 0 Å². The molecule has 0 bridgehead atoms. The summed E-state index contributed by atoms with van der Waals surface area (Å²) in [5.74, 6) is 0. The van der Waals surface area contributed by atoms with Gasteiger partial charge in [0.25, 0.3) is 0 Å². The lowest BCUT2D eigenvalue weighted by Crippen LogP contribution is -2.03. The fraction of sp³-hybridized carbons (Fsp3) is 0.182. The predicted octanol–water partition coefficient (Wildman–Crippen LogP) is 1.33. The van der Waals surface area contributed by atoms with Crippen molar-refractivity contribution >= 4 is 10.9 Å². The average molecular weight is 189 g/mol.